The van der Waals surface area contributed by atoms with Crippen LogP contribution < -0.4 is 30.7 Å². The summed E-state index contributed by atoms with van der Waals surface area (Å²) >= 11 is 0. The van der Waals surface area contributed by atoms with Gasteiger partial charge in [0.1, 0.15) is 23.3 Å². The molecule has 0 aliphatic heterocycles. The summed E-state index contributed by atoms with van der Waals surface area (Å²) in [6, 6.07) is 10.6. The zero-order valence-electron chi connectivity index (χ0n) is 18.5. The summed E-state index contributed by atoms with van der Waals surface area (Å²) in [5, 5.41) is 11.9. The summed E-state index contributed by atoms with van der Waals surface area (Å²) in [6.07, 6.45) is 1.74. The van der Waals surface area contributed by atoms with Gasteiger partial charge >= 0.3 is 6.03 Å². The minimum Gasteiger partial charge on any atom is -0.493 e. The first kappa shape index (κ1) is 22.6. The topological polar surface area (TPSA) is 122 Å². The average Bonchev–Trinajstić information content (AvgIpc) is 2.76. The van der Waals surface area contributed by atoms with Crippen LogP contribution in [0.3, 0.4) is 0 Å². The van der Waals surface area contributed by atoms with Crippen molar-refractivity contribution in [2.75, 3.05) is 43.3 Å². The highest BCUT2D eigenvalue weighted by molar-refractivity contribution is 5.91. The van der Waals surface area contributed by atoms with Crippen LogP contribution in [-0.4, -0.2) is 48.3 Å². The van der Waals surface area contributed by atoms with Gasteiger partial charge in [0.15, 0.2) is 11.5 Å². The molecule has 0 bridgehead atoms. The summed E-state index contributed by atoms with van der Waals surface area (Å²) < 4.78 is 10.6. The molecule has 0 unspecified atom stereocenters. The molecule has 0 saturated heterocycles. The van der Waals surface area contributed by atoms with Crippen molar-refractivity contribution in [2.45, 2.75) is 13.8 Å². The molecule has 0 atom stereocenters. The highest BCUT2D eigenvalue weighted by Crippen LogP contribution is 2.34. The highest BCUT2D eigenvalue weighted by atomic mass is 16.5. The molecule has 4 N–H and O–H groups in total. The minimum atomic E-state index is -0.356. The van der Waals surface area contributed by atoms with E-state index in [2.05, 4.69) is 36.2 Å². The molecule has 1 aromatic carbocycles. The number of ether oxygens (including phenoxy) is 2. The summed E-state index contributed by atoms with van der Waals surface area (Å²) in [6.45, 7) is 4.66. The molecule has 0 radical (unpaired) electrons. The SMILES string of the molecule is COc1cccc(NC(=O)NCCNc2cc(Nc3cc(C)ccn3)nc(C)n2)c1OC. The van der Waals surface area contributed by atoms with Gasteiger partial charge in [0.2, 0.25) is 0 Å². The van der Waals surface area contributed by atoms with Gasteiger partial charge in [0.25, 0.3) is 0 Å². The third-order valence-electron chi connectivity index (χ3n) is 4.38. The van der Waals surface area contributed by atoms with Gasteiger partial charge in [-0.2, -0.15) is 0 Å². The van der Waals surface area contributed by atoms with E-state index < -0.39 is 0 Å². The van der Waals surface area contributed by atoms with Crippen LogP contribution in [0.25, 0.3) is 0 Å². The fourth-order valence-electron chi connectivity index (χ4n) is 2.98. The van der Waals surface area contributed by atoms with Crippen LogP contribution in [-0.2, 0) is 0 Å². The minimum absolute atomic E-state index is 0.356. The second-order valence-electron chi connectivity index (χ2n) is 6.88. The largest absolute Gasteiger partial charge is 0.493 e. The Morgan fingerprint density at radius 2 is 1.78 bits per heavy atom. The van der Waals surface area contributed by atoms with Gasteiger partial charge in [-0.05, 0) is 43.7 Å². The van der Waals surface area contributed by atoms with Gasteiger partial charge < -0.3 is 30.7 Å². The van der Waals surface area contributed by atoms with E-state index in [0.717, 1.165) is 5.56 Å². The maximum Gasteiger partial charge on any atom is 0.319 e. The standard InChI is InChI=1S/C22H27N7O3/c1-14-8-9-23-18(12-14)29-20-13-19(26-15(2)27-20)24-10-11-25-22(30)28-16-6-5-7-17(31-3)21(16)32-4/h5-9,12-13H,10-11H2,1-4H3,(H2,25,28,30)(H2,23,24,26,27,29). The second kappa shape index (κ2) is 10.8. The lowest BCUT2D eigenvalue weighted by atomic mass is 10.2. The molecule has 2 heterocycles. The van der Waals surface area contributed by atoms with Crippen molar-refractivity contribution in [1.82, 2.24) is 20.3 Å². The zero-order chi connectivity index (χ0) is 22.9. The lowest BCUT2D eigenvalue weighted by Gasteiger charge is -2.14. The first-order valence-electron chi connectivity index (χ1n) is 10.0. The maximum atomic E-state index is 12.2. The molecule has 168 valence electrons. The number of anilines is 4. The van der Waals surface area contributed by atoms with Crippen LogP contribution in [0.4, 0.5) is 27.9 Å². The normalized spacial score (nSPS) is 10.2. The van der Waals surface area contributed by atoms with Gasteiger partial charge in [0.05, 0.1) is 19.9 Å². The molecule has 10 nitrogen and oxygen atoms in total. The van der Waals surface area contributed by atoms with Crippen molar-refractivity contribution < 1.29 is 14.3 Å². The van der Waals surface area contributed by atoms with Crippen molar-refractivity contribution >= 4 is 29.2 Å². The van der Waals surface area contributed by atoms with Crippen molar-refractivity contribution in [2.24, 2.45) is 0 Å². The molecule has 2 amide bonds. The molecule has 0 fully saturated rings. The number of pyridine rings is 1. The van der Waals surface area contributed by atoms with E-state index in [9.17, 15) is 4.79 Å². The number of urea groups is 1. The molecule has 0 aliphatic rings. The van der Waals surface area contributed by atoms with E-state index in [1.807, 2.05) is 26.0 Å². The predicted molar refractivity (Wildman–Crippen MR) is 124 cm³/mol. The number of nitrogens with one attached hydrogen (secondary N) is 4. The number of rotatable bonds is 9. The van der Waals surface area contributed by atoms with E-state index in [1.165, 1.54) is 7.11 Å². The van der Waals surface area contributed by atoms with Crippen LogP contribution in [0.5, 0.6) is 11.5 Å². The monoisotopic (exact) mass is 437 g/mol. The molecule has 3 rings (SSSR count). The Labute approximate surface area is 186 Å². The summed E-state index contributed by atoms with van der Waals surface area (Å²) in [5.41, 5.74) is 1.62. The number of methoxy groups -OCH3 is 2. The number of carbonyl (C=O) groups excluding carboxylic acids is 1. The number of benzene rings is 1. The number of aromatic nitrogens is 3. The average molecular weight is 438 g/mol. The number of aryl methyl sites for hydroxylation is 2. The Bertz CT molecular complexity index is 1080. The van der Waals surface area contributed by atoms with Gasteiger partial charge in [0, 0.05) is 25.4 Å². The van der Waals surface area contributed by atoms with Crippen LogP contribution in [0, 0.1) is 13.8 Å². The fraction of sp³-hybridized carbons (Fsp3) is 0.273. The van der Waals surface area contributed by atoms with Crippen LogP contribution in [0.1, 0.15) is 11.4 Å². The highest BCUT2D eigenvalue weighted by Gasteiger charge is 2.11. The van der Waals surface area contributed by atoms with Gasteiger partial charge in [-0.25, -0.2) is 19.7 Å². The van der Waals surface area contributed by atoms with Crippen LogP contribution in [0.15, 0.2) is 42.6 Å². The first-order valence-corrected chi connectivity index (χ1v) is 10.0. The van der Waals surface area contributed by atoms with Crippen molar-refractivity contribution in [3.05, 3.63) is 54.0 Å². The van der Waals surface area contributed by atoms with Gasteiger partial charge in [-0.3, -0.25) is 0 Å². The number of hydrogen-bond acceptors (Lipinski definition) is 8. The maximum absolute atomic E-state index is 12.2. The third-order valence-corrected chi connectivity index (χ3v) is 4.38. The quantitative estimate of drug-likeness (QED) is 0.375. The molecule has 10 heteroatoms. The molecule has 0 spiro atoms. The van der Waals surface area contributed by atoms with E-state index in [1.54, 1.807) is 37.6 Å². The Hall–Kier alpha value is -4.08. The van der Waals surface area contributed by atoms with Crippen molar-refractivity contribution in [3.8, 4) is 11.5 Å². The number of nitrogens with zero attached hydrogens (tertiary/aromatic N) is 3. The van der Waals surface area contributed by atoms with Crippen LogP contribution >= 0.6 is 0 Å². The summed E-state index contributed by atoms with van der Waals surface area (Å²) in [5.74, 6) is 3.60. The number of amides is 2. The van der Waals surface area contributed by atoms with E-state index >= 15 is 0 Å². The van der Waals surface area contributed by atoms with Crippen molar-refractivity contribution in [1.29, 1.82) is 0 Å². The Balaban J connectivity index is 1.51. The lowest BCUT2D eigenvalue weighted by Crippen LogP contribution is -2.32. The summed E-state index contributed by atoms with van der Waals surface area (Å²) in [4.78, 5) is 25.3. The van der Waals surface area contributed by atoms with E-state index in [0.29, 0.717) is 53.6 Å². The number of carbonyl (C=O) groups is 1. The number of para-hydroxylation sites is 1. The molecule has 3 aromatic rings. The first-order chi connectivity index (χ1) is 15.5. The lowest BCUT2D eigenvalue weighted by molar-refractivity contribution is 0.252. The Morgan fingerprint density at radius 1 is 0.969 bits per heavy atom. The predicted octanol–water partition coefficient (Wildman–Crippen LogP) is 3.48. The smallest absolute Gasteiger partial charge is 0.319 e. The molecule has 32 heavy (non-hydrogen) atoms. The molecule has 2 aromatic heterocycles. The van der Waals surface area contributed by atoms with Gasteiger partial charge in [-0.15, -0.1) is 0 Å². The molecule has 0 saturated carbocycles. The summed E-state index contributed by atoms with van der Waals surface area (Å²) in [7, 11) is 3.06. The fourth-order valence-corrected chi connectivity index (χ4v) is 2.98. The zero-order valence-corrected chi connectivity index (χ0v) is 18.5. The van der Waals surface area contributed by atoms with E-state index in [-0.39, 0.29) is 6.03 Å². The Morgan fingerprint density at radius 3 is 2.53 bits per heavy atom. The second-order valence-corrected chi connectivity index (χ2v) is 6.88. The number of hydrogen-bond donors (Lipinski definition) is 4. The Kier molecular flexibility index (Phi) is 7.63. The molecular formula is C22H27N7O3. The van der Waals surface area contributed by atoms with E-state index in [4.69, 9.17) is 9.47 Å². The van der Waals surface area contributed by atoms with Crippen molar-refractivity contribution in [3.63, 3.8) is 0 Å². The molecular weight excluding hydrogens is 410 g/mol. The third kappa shape index (κ3) is 6.21. The van der Waals surface area contributed by atoms with Crippen LogP contribution in [0.2, 0.25) is 0 Å². The molecule has 0 aliphatic carbocycles. The van der Waals surface area contributed by atoms with Gasteiger partial charge in [-0.1, -0.05) is 6.07 Å².